The van der Waals surface area contributed by atoms with Crippen LogP contribution in [0.15, 0.2) is 140 Å². The standard InChI is InChI=1S/C30H38N2O8.C23H34N2O7.C14H10O3.3CHF3O3S.Sc/c1-17(2)32-19(5)23(15-20-11-13-22(14-12-20)38-18(3)4)28(31-32)40-30-27(35)26(34)25(33)24(39-30)16-37-29(36)21-9-7-6-8-10-21;1-12(2)25-14(5)17(10-15-6-8-16(9-7-15)30-13(3)4)22(24-25)32-23-21(29)20(28)19(27)18(11-26)31-23;15-13(11-7-3-1-4-8-11)17-14(16)12-9-5-2-6-10-12;3*2-1(3,4)8(5,6)7;/h6-14,17-18,24-27,30,33-35H,15-16H2,1-5H3;6-9,12-13,18-21,23,26-29H,10-11H2,1-5H3;1-10H;3*(H,5,6,7);/t24-,25-,26+,27-,30+;18-,19-,20+,21-,23+;;;;;/m11...../s1. The fourth-order valence-electron chi connectivity index (χ4n) is 9.68. The van der Waals surface area contributed by atoms with Gasteiger partial charge in [-0.15, -0.1) is 10.2 Å². The van der Waals surface area contributed by atoms with Crippen LogP contribution in [0.5, 0.6) is 23.3 Å². The predicted octanol–water partition coefficient (Wildman–Crippen LogP) is 8.39. The van der Waals surface area contributed by atoms with Crippen LogP contribution in [0.4, 0.5) is 39.5 Å². The zero-order valence-electron chi connectivity index (χ0n) is 62.1. The topological polar surface area (TPSA) is 465 Å². The number of nitrogens with zero attached hydrogens (tertiary/aromatic N) is 4. The average Bonchev–Trinajstić information content (AvgIpc) is 1.53. The number of carbonyl (C=O) groups is 3. The summed E-state index contributed by atoms with van der Waals surface area (Å²) in [6.07, 6.45) is -12.8. The van der Waals surface area contributed by atoms with Crippen LogP contribution in [-0.2, 0) is 88.0 Å². The van der Waals surface area contributed by atoms with Crippen molar-refractivity contribution in [1.29, 1.82) is 0 Å². The molecule has 114 heavy (non-hydrogen) atoms. The molecule has 1 radical (unpaired) electrons. The second-order valence-electron chi connectivity index (χ2n) is 25.4. The van der Waals surface area contributed by atoms with Gasteiger partial charge < -0.3 is 73.6 Å². The van der Waals surface area contributed by atoms with E-state index in [9.17, 15) is 89.6 Å². The molecule has 10 atom stereocenters. The number of aliphatic hydroxyl groups excluding tert-OH is 7. The molecular formula is C70H85F9N4O27S3Sc. The van der Waals surface area contributed by atoms with Crippen LogP contribution in [0.1, 0.15) is 132 Å². The first-order chi connectivity index (χ1) is 52.2. The molecule has 2 fully saturated rings. The first kappa shape index (κ1) is 100. The van der Waals surface area contributed by atoms with Crippen molar-refractivity contribution in [2.45, 2.75) is 184 Å². The summed E-state index contributed by atoms with van der Waals surface area (Å²) < 4.78 is 221. The summed E-state index contributed by atoms with van der Waals surface area (Å²) >= 11 is 0. The van der Waals surface area contributed by atoms with Crippen molar-refractivity contribution in [3.63, 3.8) is 0 Å². The Kier molecular flexibility index (Phi) is 38.4. The van der Waals surface area contributed by atoms with E-state index in [0.717, 1.165) is 45.1 Å². The Labute approximate surface area is 667 Å². The number of carbonyl (C=O) groups excluding carboxylic acids is 3. The second kappa shape index (κ2) is 43.8. The fourth-order valence-corrected chi connectivity index (χ4v) is 9.68. The maximum absolute atomic E-state index is 12.4. The molecule has 7 aromatic rings. The summed E-state index contributed by atoms with van der Waals surface area (Å²) in [6, 6.07) is 40.8. The molecule has 0 spiro atoms. The van der Waals surface area contributed by atoms with Crippen molar-refractivity contribution in [3.05, 3.63) is 190 Å². The summed E-state index contributed by atoms with van der Waals surface area (Å²) in [5, 5.41) is 80.8. The summed E-state index contributed by atoms with van der Waals surface area (Å²) in [4.78, 5) is 35.6. The molecule has 0 unspecified atom stereocenters. The molecule has 2 saturated heterocycles. The van der Waals surface area contributed by atoms with Crippen LogP contribution in [0.3, 0.4) is 0 Å². The molecule has 2 aliphatic heterocycles. The Morgan fingerprint density at radius 1 is 0.447 bits per heavy atom. The number of halogens is 9. The Hall–Kier alpha value is -8.06. The van der Waals surface area contributed by atoms with Crippen LogP contribution in [0.25, 0.3) is 0 Å². The number of aliphatic hydroxyl groups is 7. The third-order valence-corrected chi connectivity index (χ3v) is 17.0. The van der Waals surface area contributed by atoms with Gasteiger partial charge in [-0.1, -0.05) is 78.9 Å². The van der Waals surface area contributed by atoms with Gasteiger partial charge in [-0.3, -0.25) is 23.0 Å². The van der Waals surface area contributed by atoms with Crippen molar-refractivity contribution >= 4 is 48.3 Å². The molecule has 10 N–H and O–H groups in total. The third-order valence-electron chi connectivity index (χ3n) is 15.2. The van der Waals surface area contributed by atoms with Gasteiger partial charge in [-0.05, 0) is 141 Å². The number of aromatic nitrogens is 4. The number of benzene rings is 5. The Balaban J connectivity index is 0.000000400. The fraction of sp³-hybridized carbons (Fsp3) is 0.443. The summed E-state index contributed by atoms with van der Waals surface area (Å²) in [5.74, 6) is 0.183. The Morgan fingerprint density at radius 3 is 1.00 bits per heavy atom. The van der Waals surface area contributed by atoms with E-state index in [1.165, 1.54) is 0 Å². The van der Waals surface area contributed by atoms with Gasteiger partial charge in [-0.2, -0.15) is 64.8 Å². The molecule has 44 heteroatoms. The van der Waals surface area contributed by atoms with Crippen LogP contribution in [0, 0.1) is 13.8 Å². The zero-order chi connectivity index (χ0) is 85.6. The van der Waals surface area contributed by atoms with E-state index in [4.69, 9.17) is 76.8 Å². The van der Waals surface area contributed by atoms with E-state index in [-0.39, 0.29) is 68.5 Å². The van der Waals surface area contributed by atoms with E-state index in [2.05, 4.69) is 10.2 Å². The molecule has 2 aromatic heterocycles. The molecule has 5 aromatic carbocycles. The smallest absolute Gasteiger partial charge is 0.491 e. The number of alkyl halides is 9. The summed E-state index contributed by atoms with van der Waals surface area (Å²) in [6.45, 7) is 18.9. The molecule has 0 aliphatic carbocycles. The number of ether oxygens (including phenoxy) is 8. The molecule has 2 aliphatic rings. The van der Waals surface area contributed by atoms with Gasteiger partial charge in [0.1, 0.15) is 66.9 Å². The van der Waals surface area contributed by atoms with Gasteiger partial charge >= 0.3 is 64.8 Å². The number of rotatable bonds is 20. The molecule has 631 valence electrons. The van der Waals surface area contributed by atoms with Crippen LogP contribution in [-0.4, -0.2) is 215 Å². The van der Waals surface area contributed by atoms with Crippen molar-refractivity contribution in [2.75, 3.05) is 13.2 Å². The van der Waals surface area contributed by atoms with Crippen molar-refractivity contribution in [1.82, 2.24) is 19.6 Å². The van der Waals surface area contributed by atoms with E-state index < -0.39 is 133 Å². The summed E-state index contributed by atoms with van der Waals surface area (Å²) in [5.41, 5.74) is -10.1. The largest absolute Gasteiger partial charge is 0.522 e. The second-order valence-corrected chi connectivity index (χ2v) is 29.6. The van der Waals surface area contributed by atoms with Crippen LogP contribution in [0.2, 0.25) is 0 Å². The van der Waals surface area contributed by atoms with E-state index in [0.29, 0.717) is 29.5 Å². The molecule has 31 nitrogen and oxygen atoms in total. The van der Waals surface area contributed by atoms with Gasteiger partial charge in [0.15, 0.2) is 0 Å². The normalized spacial score (nSPS) is 19.7. The van der Waals surface area contributed by atoms with Gasteiger partial charge in [0.05, 0.1) is 35.5 Å². The van der Waals surface area contributed by atoms with E-state index in [1.54, 1.807) is 91.0 Å². The van der Waals surface area contributed by atoms with Crippen molar-refractivity contribution in [3.8, 4) is 23.3 Å². The maximum atomic E-state index is 12.4. The SMILES string of the molecule is Cc1c(Cc2ccc(OC(C)C)cc2)c(O[C@@H]2O[C@H](CO)[C@@H](O)[C@H](O)[C@H]2O)nn1C(C)C.Cc1c(Cc2ccc(OC(C)C)cc2)c(O[C@@H]2O[C@H](COC(=O)c3ccccc3)[C@@H](O)[C@H](O)[C@H]2O)nn1C(C)C.O=C(OC(=O)c1ccccc1)c1ccccc1.O=S(=O)(O)C(F)(F)F.O=S(=O)(O)C(F)(F)F.O=S(=O)(O)C(F)(F)F.[Sc]. The van der Waals surface area contributed by atoms with E-state index in [1.807, 2.05) is 127 Å². The number of esters is 3. The van der Waals surface area contributed by atoms with E-state index >= 15 is 0 Å². The molecule has 0 bridgehead atoms. The third kappa shape index (κ3) is 30.5. The number of hydrogen-bond donors (Lipinski definition) is 10. The first-order valence-electron chi connectivity index (χ1n) is 33.4. The zero-order valence-corrected chi connectivity index (χ0v) is 66.3. The number of hydrogen-bond acceptors (Lipinski definition) is 26. The summed E-state index contributed by atoms with van der Waals surface area (Å²) in [7, 11) is -17.5. The molecule has 0 saturated carbocycles. The van der Waals surface area contributed by atoms with Gasteiger partial charge in [0.2, 0.25) is 24.3 Å². The first-order valence-corrected chi connectivity index (χ1v) is 37.7. The molecule has 4 heterocycles. The van der Waals surface area contributed by atoms with Crippen LogP contribution >= 0.6 is 0 Å². The van der Waals surface area contributed by atoms with Gasteiger partial charge in [-0.25, -0.2) is 14.4 Å². The van der Waals surface area contributed by atoms with Gasteiger partial charge in [0.25, 0.3) is 0 Å². The minimum Gasteiger partial charge on any atom is -0.491 e. The van der Waals surface area contributed by atoms with Crippen molar-refractivity contribution < 1.29 is 192 Å². The maximum Gasteiger partial charge on any atom is 0.522 e. The van der Waals surface area contributed by atoms with Crippen LogP contribution < -0.4 is 18.9 Å². The molecule has 9 rings (SSSR count). The Morgan fingerprint density at radius 2 is 0.728 bits per heavy atom. The Bertz CT molecular complexity index is 4360. The molecular weight excluding hydrogens is 1640 g/mol. The van der Waals surface area contributed by atoms with Gasteiger partial charge in [0, 0.05) is 73.3 Å². The quantitative estimate of drug-likeness (QED) is 0.0112. The molecule has 0 amide bonds. The van der Waals surface area contributed by atoms with Crippen molar-refractivity contribution in [2.24, 2.45) is 0 Å². The monoisotopic (exact) mass is 1730 g/mol. The minimum atomic E-state index is -5.84. The predicted molar refractivity (Wildman–Crippen MR) is 379 cm³/mol. The average molecular weight is 1730 g/mol. The minimum absolute atomic E-state index is 0.